The van der Waals surface area contributed by atoms with Crippen LogP contribution in [-0.2, 0) is 0 Å². The molecule has 0 saturated carbocycles. The van der Waals surface area contributed by atoms with E-state index in [0.717, 1.165) is 14.8 Å². The van der Waals surface area contributed by atoms with Gasteiger partial charge in [0.2, 0.25) is 0 Å². The summed E-state index contributed by atoms with van der Waals surface area (Å²) < 4.78 is 0.908. The second-order valence-corrected chi connectivity index (χ2v) is 5.15. The number of carbonyl (C=O) groups is 1. The van der Waals surface area contributed by atoms with Crippen LogP contribution >= 0.6 is 22.6 Å². The van der Waals surface area contributed by atoms with Gasteiger partial charge in [-0.25, -0.2) is 5.43 Å². The van der Waals surface area contributed by atoms with Crippen molar-refractivity contribution in [2.24, 2.45) is 5.10 Å². The van der Waals surface area contributed by atoms with Gasteiger partial charge in [-0.3, -0.25) is 4.79 Å². The molecule has 0 aliphatic heterocycles. The molecule has 0 aliphatic rings. The maximum absolute atomic E-state index is 12.0. The largest absolute Gasteiger partial charge is 0.272 e. The fourth-order valence-corrected chi connectivity index (χ4v) is 2.22. The standard InChI is InChI=1S/C15H13IN2O/c1-11(12-7-3-2-4-8-12)17-18-15(19)13-9-5-6-10-14(13)16/h2-10H,1H3,(H,18,19)/b17-11-. The first-order valence-corrected chi connectivity index (χ1v) is 6.91. The Bertz CT molecular complexity index is 609. The van der Waals surface area contributed by atoms with Crippen molar-refractivity contribution in [1.82, 2.24) is 5.43 Å². The van der Waals surface area contributed by atoms with Crippen LogP contribution in [0.3, 0.4) is 0 Å². The molecule has 0 aliphatic carbocycles. The van der Waals surface area contributed by atoms with E-state index in [9.17, 15) is 4.79 Å². The van der Waals surface area contributed by atoms with Gasteiger partial charge in [0, 0.05) is 3.57 Å². The molecule has 0 spiro atoms. The zero-order valence-electron chi connectivity index (χ0n) is 10.4. The molecule has 0 aromatic heterocycles. The first-order chi connectivity index (χ1) is 9.18. The fourth-order valence-electron chi connectivity index (χ4n) is 1.58. The van der Waals surface area contributed by atoms with Gasteiger partial charge in [0.05, 0.1) is 11.3 Å². The molecule has 0 atom stereocenters. The number of hydrogen-bond donors (Lipinski definition) is 1. The minimum Gasteiger partial charge on any atom is -0.267 e. The van der Waals surface area contributed by atoms with Gasteiger partial charge >= 0.3 is 0 Å². The quantitative estimate of drug-likeness (QED) is 0.506. The topological polar surface area (TPSA) is 41.5 Å². The highest BCUT2D eigenvalue weighted by molar-refractivity contribution is 14.1. The number of benzene rings is 2. The molecule has 0 radical (unpaired) electrons. The van der Waals surface area contributed by atoms with E-state index in [1.807, 2.05) is 55.5 Å². The third-order valence-electron chi connectivity index (χ3n) is 2.64. The van der Waals surface area contributed by atoms with Crippen LogP contribution in [0.15, 0.2) is 59.7 Å². The summed E-state index contributed by atoms with van der Waals surface area (Å²) >= 11 is 2.13. The van der Waals surface area contributed by atoms with Gasteiger partial charge in [-0.1, -0.05) is 42.5 Å². The molecule has 2 rings (SSSR count). The molecule has 0 heterocycles. The SMILES string of the molecule is C/C(=N/NC(=O)c1ccccc1I)c1ccccc1. The Morgan fingerprint density at radius 3 is 2.37 bits per heavy atom. The van der Waals surface area contributed by atoms with Crippen LogP contribution in [0.25, 0.3) is 0 Å². The summed E-state index contributed by atoms with van der Waals surface area (Å²) in [5.74, 6) is -0.194. The highest BCUT2D eigenvalue weighted by atomic mass is 127. The maximum Gasteiger partial charge on any atom is 0.272 e. The first-order valence-electron chi connectivity index (χ1n) is 5.83. The third kappa shape index (κ3) is 3.64. The summed E-state index contributed by atoms with van der Waals surface area (Å²) in [7, 11) is 0. The third-order valence-corrected chi connectivity index (χ3v) is 3.58. The van der Waals surface area contributed by atoms with Crippen molar-refractivity contribution >= 4 is 34.2 Å². The number of hydrazone groups is 1. The van der Waals surface area contributed by atoms with Gasteiger partial charge in [0.15, 0.2) is 0 Å². The molecule has 4 heteroatoms. The monoisotopic (exact) mass is 364 g/mol. The molecule has 19 heavy (non-hydrogen) atoms. The predicted octanol–water partition coefficient (Wildman–Crippen LogP) is 3.45. The van der Waals surface area contributed by atoms with Crippen molar-refractivity contribution in [1.29, 1.82) is 0 Å². The van der Waals surface area contributed by atoms with Gasteiger partial charge in [-0.05, 0) is 47.2 Å². The summed E-state index contributed by atoms with van der Waals surface area (Å²) in [5.41, 5.74) is 4.98. The lowest BCUT2D eigenvalue weighted by molar-refractivity contribution is 0.0954. The fraction of sp³-hybridized carbons (Fsp3) is 0.0667. The van der Waals surface area contributed by atoms with E-state index in [1.54, 1.807) is 6.07 Å². The smallest absolute Gasteiger partial charge is 0.267 e. The van der Waals surface area contributed by atoms with E-state index in [1.165, 1.54) is 0 Å². The molecule has 3 nitrogen and oxygen atoms in total. The lowest BCUT2D eigenvalue weighted by Gasteiger charge is -2.04. The minimum absolute atomic E-state index is 0.194. The number of nitrogens with zero attached hydrogens (tertiary/aromatic N) is 1. The molecule has 0 unspecified atom stereocenters. The average molecular weight is 364 g/mol. The van der Waals surface area contributed by atoms with Crippen molar-refractivity contribution < 1.29 is 4.79 Å². The summed E-state index contributed by atoms with van der Waals surface area (Å²) in [6.07, 6.45) is 0. The van der Waals surface area contributed by atoms with E-state index < -0.39 is 0 Å². The number of halogens is 1. The highest BCUT2D eigenvalue weighted by Crippen LogP contribution is 2.11. The maximum atomic E-state index is 12.0. The van der Waals surface area contributed by atoms with Crippen molar-refractivity contribution in [3.63, 3.8) is 0 Å². The molecule has 1 N–H and O–H groups in total. The number of nitrogens with one attached hydrogen (secondary N) is 1. The molecule has 0 bridgehead atoms. The van der Waals surface area contributed by atoms with Gasteiger partial charge in [-0.15, -0.1) is 0 Å². The lowest BCUT2D eigenvalue weighted by atomic mass is 10.1. The van der Waals surface area contributed by atoms with E-state index in [0.29, 0.717) is 5.56 Å². The second-order valence-electron chi connectivity index (χ2n) is 3.98. The Kier molecular flexibility index (Phi) is 4.68. The van der Waals surface area contributed by atoms with Crippen LogP contribution in [-0.4, -0.2) is 11.6 Å². The van der Waals surface area contributed by atoms with Crippen LogP contribution in [0.1, 0.15) is 22.8 Å². The van der Waals surface area contributed by atoms with E-state index in [2.05, 4.69) is 33.1 Å². The summed E-state index contributed by atoms with van der Waals surface area (Å²) in [4.78, 5) is 12.0. The van der Waals surface area contributed by atoms with Crippen LogP contribution in [0.2, 0.25) is 0 Å². The molecule has 0 fully saturated rings. The highest BCUT2D eigenvalue weighted by Gasteiger charge is 2.08. The molecule has 2 aromatic rings. The summed E-state index contributed by atoms with van der Waals surface area (Å²) in [5, 5.41) is 4.13. The van der Waals surface area contributed by atoms with E-state index in [-0.39, 0.29) is 5.91 Å². The van der Waals surface area contributed by atoms with Gasteiger partial charge in [0.25, 0.3) is 5.91 Å². The Morgan fingerprint density at radius 2 is 1.68 bits per heavy atom. The number of amides is 1. The lowest BCUT2D eigenvalue weighted by Crippen LogP contribution is -2.20. The van der Waals surface area contributed by atoms with Gasteiger partial charge in [-0.2, -0.15) is 5.10 Å². The Balaban J connectivity index is 2.11. The first kappa shape index (κ1) is 13.7. The molecule has 0 saturated heterocycles. The zero-order chi connectivity index (χ0) is 13.7. The van der Waals surface area contributed by atoms with Crippen LogP contribution < -0.4 is 5.43 Å². The zero-order valence-corrected chi connectivity index (χ0v) is 12.6. The predicted molar refractivity (Wildman–Crippen MR) is 85.3 cm³/mol. The van der Waals surface area contributed by atoms with Crippen molar-refractivity contribution in [2.75, 3.05) is 0 Å². The number of hydrogen-bond acceptors (Lipinski definition) is 2. The van der Waals surface area contributed by atoms with Crippen LogP contribution in [0.4, 0.5) is 0 Å². The molecule has 1 amide bonds. The van der Waals surface area contributed by atoms with Gasteiger partial charge in [0.1, 0.15) is 0 Å². The Morgan fingerprint density at radius 1 is 1.05 bits per heavy atom. The molecule has 2 aromatic carbocycles. The second kappa shape index (κ2) is 6.47. The van der Waals surface area contributed by atoms with Crippen molar-refractivity contribution in [3.05, 3.63) is 69.3 Å². The van der Waals surface area contributed by atoms with E-state index in [4.69, 9.17) is 0 Å². The normalized spacial score (nSPS) is 11.2. The van der Waals surface area contributed by atoms with Crippen LogP contribution in [0.5, 0.6) is 0 Å². The van der Waals surface area contributed by atoms with Crippen molar-refractivity contribution in [2.45, 2.75) is 6.92 Å². The Labute approximate surface area is 125 Å². The summed E-state index contributed by atoms with van der Waals surface area (Å²) in [6, 6.07) is 17.2. The molecule has 96 valence electrons. The number of rotatable bonds is 3. The summed E-state index contributed by atoms with van der Waals surface area (Å²) in [6.45, 7) is 1.87. The van der Waals surface area contributed by atoms with Gasteiger partial charge < -0.3 is 0 Å². The number of carbonyl (C=O) groups excluding carboxylic acids is 1. The van der Waals surface area contributed by atoms with E-state index >= 15 is 0 Å². The molecular weight excluding hydrogens is 351 g/mol. The average Bonchev–Trinajstić information content (AvgIpc) is 2.46. The Hall–Kier alpha value is -1.69. The molecular formula is C15H13IN2O. The minimum atomic E-state index is -0.194. The van der Waals surface area contributed by atoms with Crippen LogP contribution in [0, 0.1) is 3.57 Å². The van der Waals surface area contributed by atoms with Crippen molar-refractivity contribution in [3.8, 4) is 0 Å².